The van der Waals surface area contributed by atoms with E-state index in [9.17, 15) is 9.59 Å². The maximum Gasteiger partial charge on any atom is 0.331 e. The third-order valence-electron chi connectivity index (χ3n) is 1.66. The number of carbonyl (C=O) groups excluding carboxylic acids is 2. The molecule has 0 aliphatic carbocycles. The fourth-order valence-corrected chi connectivity index (χ4v) is 0.882. The van der Waals surface area contributed by atoms with E-state index in [-0.39, 0.29) is 11.4 Å². The molecule has 0 aromatic carbocycles. The topological polar surface area (TPSA) is 67.4 Å². The number of rotatable bonds is 4. The number of esters is 1. The molecule has 1 atom stereocenters. The van der Waals surface area contributed by atoms with Crippen LogP contribution in [0.15, 0.2) is 12.3 Å². The first-order chi connectivity index (χ1) is 7.26. The molecule has 1 unspecified atom stereocenters. The Morgan fingerprint density at radius 2 is 1.88 bits per heavy atom. The van der Waals surface area contributed by atoms with Crippen LogP contribution in [0.1, 0.15) is 27.7 Å². The normalized spacial score (nSPS) is 13.3. The van der Waals surface area contributed by atoms with E-state index in [0.29, 0.717) is 0 Å². The summed E-state index contributed by atoms with van der Waals surface area (Å²) in [6.45, 7) is 7.43. The van der Waals surface area contributed by atoms with Gasteiger partial charge in [0, 0.05) is 17.8 Å². The minimum absolute atomic E-state index is 0.123. The van der Waals surface area contributed by atoms with Crippen LogP contribution in [0.2, 0.25) is 0 Å². The van der Waals surface area contributed by atoms with Crippen molar-refractivity contribution in [1.82, 2.24) is 10.6 Å². The van der Waals surface area contributed by atoms with Crippen LogP contribution in [0.4, 0.5) is 0 Å². The van der Waals surface area contributed by atoms with Crippen molar-refractivity contribution in [2.75, 3.05) is 7.11 Å². The Bertz CT molecular complexity index is 279. The minimum Gasteiger partial charge on any atom is -0.466 e. The van der Waals surface area contributed by atoms with Gasteiger partial charge in [-0.15, -0.1) is 0 Å². The number of hydrogen-bond acceptors (Lipinski definition) is 4. The summed E-state index contributed by atoms with van der Waals surface area (Å²) in [6.07, 6.45) is 2.62. The van der Waals surface area contributed by atoms with Crippen LogP contribution in [0.25, 0.3) is 0 Å². The van der Waals surface area contributed by atoms with E-state index in [0.717, 1.165) is 0 Å². The summed E-state index contributed by atoms with van der Waals surface area (Å²) in [7, 11) is 1.29. The van der Waals surface area contributed by atoms with Crippen LogP contribution in [-0.4, -0.2) is 30.6 Å². The quantitative estimate of drug-likeness (QED) is 0.545. The van der Waals surface area contributed by atoms with E-state index in [4.69, 9.17) is 0 Å². The van der Waals surface area contributed by atoms with Crippen LogP contribution in [-0.2, 0) is 14.3 Å². The van der Waals surface area contributed by atoms with E-state index < -0.39 is 12.0 Å². The Kier molecular flexibility index (Phi) is 5.56. The lowest BCUT2D eigenvalue weighted by Gasteiger charge is -2.23. The summed E-state index contributed by atoms with van der Waals surface area (Å²) in [5.41, 5.74) is -0.265. The van der Waals surface area contributed by atoms with E-state index >= 15 is 0 Å². The first-order valence-corrected chi connectivity index (χ1v) is 5.09. The van der Waals surface area contributed by atoms with Crippen molar-refractivity contribution in [2.24, 2.45) is 0 Å². The van der Waals surface area contributed by atoms with E-state index in [1.165, 1.54) is 19.4 Å². The largest absolute Gasteiger partial charge is 0.466 e. The molecule has 0 heterocycles. The zero-order valence-corrected chi connectivity index (χ0v) is 10.5. The van der Waals surface area contributed by atoms with Crippen LogP contribution in [0.5, 0.6) is 0 Å². The third-order valence-corrected chi connectivity index (χ3v) is 1.66. The zero-order valence-electron chi connectivity index (χ0n) is 10.5. The second kappa shape index (κ2) is 6.15. The van der Waals surface area contributed by atoms with E-state index in [1.54, 1.807) is 6.92 Å². The van der Waals surface area contributed by atoms with Gasteiger partial charge in [-0.3, -0.25) is 4.79 Å². The highest BCUT2D eigenvalue weighted by Crippen LogP contribution is 1.99. The predicted octanol–water partition coefficient (Wildman–Crippen LogP) is 0.566. The van der Waals surface area contributed by atoms with E-state index in [2.05, 4.69) is 15.4 Å². The second-order valence-corrected chi connectivity index (χ2v) is 4.48. The summed E-state index contributed by atoms with van der Waals surface area (Å²) in [5.74, 6) is -0.585. The second-order valence-electron chi connectivity index (χ2n) is 4.48. The van der Waals surface area contributed by atoms with Gasteiger partial charge in [0.25, 0.3) is 0 Å². The Balaban J connectivity index is 4.07. The molecule has 2 N–H and O–H groups in total. The Hall–Kier alpha value is -1.52. The van der Waals surface area contributed by atoms with Crippen molar-refractivity contribution in [1.29, 1.82) is 0 Å². The van der Waals surface area contributed by atoms with Gasteiger partial charge in [-0.25, -0.2) is 4.79 Å². The van der Waals surface area contributed by atoms with Gasteiger partial charge in [0.2, 0.25) is 5.91 Å². The molecule has 92 valence electrons. The molecule has 0 saturated carbocycles. The Morgan fingerprint density at radius 1 is 1.31 bits per heavy atom. The number of amides is 1. The smallest absolute Gasteiger partial charge is 0.331 e. The number of nitrogens with one attached hydrogen (secondary N) is 2. The molecule has 0 aromatic heterocycles. The summed E-state index contributed by atoms with van der Waals surface area (Å²) >= 11 is 0. The molecule has 5 heteroatoms. The fourth-order valence-electron chi connectivity index (χ4n) is 0.882. The highest BCUT2D eigenvalue weighted by molar-refractivity contribution is 5.83. The molecule has 0 bridgehead atoms. The van der Waals surface area contributed by atoms with Gasteiger partial charge in [-0.2, -0.15) is 0 Å². The van der Waals surface area contributed by atoms with Crippen molar-refractivity contribution in [3.05, 3.63) is 12.3 Å². The summed E-state index contributed by atoms with van der Waals surface area (Å²) in [4.78, 5) is 22.3. The molecule has 0 aliphatic heterocycles. The Morgan fingerprint density at radius 3 is 2.31 bits per heavy atom. The monoisotopic (exact) mass is 228 g/mol. The van der Waals surface area contributed by atoms with Crippen LogP contribution in [0.3, 0.4) is 0 Å². The first kappa shape index (κ1) is 14.5. The summed E-state index contributed by atoms with van der Waals surface area (Å²) in [6, 6.07) is -0.403. The van der Waals surface area contributed by atoms with Gasteiger partial charge < -0.3 is 15.4 Å². The molecule has 0 saturated heterocycles. The number of methoxy groups -OCH3 is 1. The SMILES string of the molecule is COC(=O)/C=C/NC(C)C(=O)NC(C)(C)C. The Labute approximate surface area is 96.2 Å². The van der Waals surface area contributed by atoms with Crippen molar-refractivity contribution in [2.45, 2.75) is 39.3 Å². The van der Waals surface area contributed by atoms with Crippen LogP contribution in [0, 0.1) is 0 Å². The van der Waals surface area contributed by atoms with Gasteiger partial charge in [0.15, 0.2) is 0 Å². The molecule has 0 spiro atoms. The predicted molar refractivity (Wildman–Crippen MR) is 61.6 cm³/mol. The number of hydrogen-bond donors (Lipinski definition) is 2. The van der Waals surface area contributed by atoms with Crippen LogP contribution >= 0.6 is 0 Å². The van der Waals surface area contributed by atoms with Gasteiger partial charge in [-0.05, 0) is 27.7 Å². The third kappa shape index (κ3) is 6.86. The lowest BCUT2D eigenvalue weighted by Crippen LogP contribution is -2.48. The molecule has 0 fully saturated rings. The van der Waals surface area contributed by atoms with Gasteiger partial charge >= 0.3 is 5.97 Å². The molecule has 0 aromatic rings. The summed E-state index contributed by atoms with van der Waals surface area (Å²) < 4.78 is 4.41. The molecule has 0 aliphatic rings. The number of ether oxygens (including phenoxy) is 1. The molecular weight excluding hydrogens is 208 g/mol. The molecule has 1 amide bonds. The molecule has 16 heavy (non-hydrogen) atoms. The minimum atomic E-state index is -0.462. The van der Waals surface area contributed by atoms with Crippen LogP contribution < -0.4 is 10.6 Å². The van der Waals surface area contributed by atoms with Gasteiger partial charge in [0.1, 0.15) is 6.04 Å². The lowest BCUT2D eigenvalue weighted by atomic mass is 10.1. The average molecular weight is 228 g/mol. The molecule has 0 rings (SSSR count). The van der Waals surface area contributed by atoms with Crippen molar-refractivity contribution < 1.29 is 14.3 Å². The molecular formula is C11H20N2O3. The fraction of sp³-hybridized carbons (Fsp3) is 0.636. The van der Waals surface area contributed by atoms with E-state index in [1.807, 2.05) is 20.8 Å². The maximum absolute atomic E-state index is 11.6. The van der Waals surface area contributed by atoms with Gasteiger partial charge in [-0.1, -0.05) is 0 Å². The first-order valence-electron chi connectivity index (χ1n) is 5.09. The number of carbonyl (C=O) groups is 2. The maximum atomic E-state index is 11.6. The molecule has 5 nitrogen and oxygen atoms in total. The van der Waals surface area contributed by atoms with Crippen molar-refractivity contribution >= 4 is 11.9 Å². The average Bonchev–Trinajstić information content (AvgIpc) is 2.14. The highest BCUT2D eigenvalue weighted by Gasteiger charge is 2.17. The highest BCUT2D eigenvalue weighted by atomic mass is 16.5. The van der Waals surface area contributed by atoms with Crippen molar-refractivity contribution in [3.63, 3.8) is 0 Å². The molecule has 0 radical (unpaired) electrons. The lowest BCUT2D eigenvalue weighted by molar-refractivity contribution is -0.135. The van der Waals surface area contributed by atoms with Crippen molar-refractivity contribution in [3.8, 4) is 0 Å². The standard InChI is InChI=1S/C11H20N2O3/c1-8(10(15)13-11(2,3)4)12-7-6-9(14)16-5/h6-8,12H,1-5H3,(H,13,15)/b7-6+. The van der Waals surface area contributed by atoms with Gasteiger partial charge in [0.05, 0.1) is 7.11 Å². The summed E-state index contributed by atoms with van der Waals surface area (Å²) in [5, 5.41) is 5.60. The zero-order chi connectivity index (χ0) is 12.8.